The number of nitrogens with zero attached hydrogens (tertiary/aromatic N) is 2. The molecule has 0 spiro atoms. The second-order valence-electron chi connectivity index (χ2n) is 6.19. The van der Waals surface area contributed by atoms with Gasteiger partial charge in [0.15, 0.2) is 5.75 Å². The summed E-state index contributed by atoms with van der Waals surface area (Å²) in [5, 5.41) is 14.7. The van der Waals surface area contributed by atoms with Gasteiger partial charge in [-0.05, 0) is 6.42 Å². The van der Waals surface area contributed by atoms with Crippen LogP contribution in [0.25, 0.3) is 0 Å². The predicted octanol–water partition coefficient (Wildman–Crippen LogP) is 1.76. The van der Waals surface area contributed by atoms with Gasteiger partial charge in [-0.1, -0.05) is 0 Å². The molecular formula is C16H21N3O6. The molecule has 2 heterocycles. The fraction of sp³-hybridized carbons (Fsp3) is 0.562. The first-order valence-electron chi connectivity index (χ1n) is 8.08. The lowest BCUT2D eigenvalue weighted by molar-refractivity contribution is -0.385. The van der Waals surface area contributed by atoms with Gasteiger partial charge in [0, 0.05) is 31.5 Å². The lowest BCUT2D eigenvalue weighted by Gasteiger charge is -2.25. The number of ether oxygens (including phenoxy) is 3. The van der Waals surface area contributed by atoms with Gasteiger partial charge in [0.25, 0.3) is 0 Å². The van der Waals surface area contributed by atoms with E-state index in [-0.39, 0.29) is 35.9 Å². The molecule has 3 rings (SSSR count). The average molecular weight is 351 g/mol. The van der Waals surface area contributed by atoms with E-state index in [9.17, 15) is 14.9 Å². The monoisotopic (exact) mass is 351 g/mol. The molecule has 9 nitrogen and oxygen atoms in total. The first-order valence-corrected chi connectivity index (χ1v) is 8.08. The third kappa shape index (κ3) is 3.60. The number of fused-ring (bicyclic) bond motifs is 1. The van der Waals surface area contributed by atoms with Crippen LogP contribution in [0.3, 0.4) is 0 Å². The Bertz CT molecular complexity index is 676. The summed E-state index contributed by atoms with van der Waals surface area (Å²) in [6, 6.07) is 3.16. The molecule has 0 radical (unpaired) electrons. The Morgan fingerprint density at radius 1 is 1.48 bits per heavy atom. The number of nitro benzene ring substituents is 1. The largest absolute Gasteiger partial charge is 0.486 e. The van der Waals surface area contributed by atoms with Gasteiger partial charge in [0.2, 0.25) is 0 Å². The van der Waals surface area contributed by atoms with E-state index in [0.717, 1.165) is 5.69 Å². The lowest BCUT2D eigenvalue weighted by atomic mass is 10.1. The zero-order chi connectivity index (χ0) is 18.0. The summed E-state index contributed by atoms with van der Waals surface area (Å²) in [7, 11) is 3.18. The van der Waals surface area contributed by atoms with Gasteiger partial charge >= 0.3 is 11.7 Å². The van der Waals surface area contributed by atoms with E-state index in [1.807, 2.05) is 11.9 Å². The third-order valence-corrected chi connectivity index (χ3v) is 4.47. The number of rotatable bonds is 7. The van der Waals surface area contributed by atoms with Crippen LogP contribution >= 0.6 is 0 Å². The lowest BCUT2D eigenvalue weighted by Crippen LogP contribution is -2.32. The minimum absolute atomic E-state index is 0.0683. The molecule has 0 saturated carbocycles. The van der Waals surface area contributed by atoms with Gasteiger partial charge in [0.05, 0.1) is 49.4 Å². The molecule has 0 amide bonds. The molecule has 25 heavy (non-hydrogen) atoms. The minimum atomic E-state index is -0.442. The molecule has 1 aromatic carbocycles. The topological polar surface area (TPSA) is 103 Å². The highest BCUT2D eigenvalue weighted by atomic mass is 16.6. The van der Waals surface area contributed by atoms with Crippen LogP contribution in [0, 0.1) is 16.0 Å². The standard InChI is InChI=1S/C16H21N3O6/c1-18-12-6-13(19(21)22)14(25-9-10-7-24-8-10)5-11(12)17-15(18)3-4-16(20)23-2/h5-6,10,15,17H,3-4,7-9H2,1-2H3. The van der Waals surface area contributed by atoms with Crippen molar-refractivity contribution >= 4 is 23.0 Å². The number of carbonyl (C=O) groups excluding carboxylic acids is 1. The Hall–Kier alpha value is -2.55. The van der Waals surface area contributed by atoms with E-state index in [4.69, 9.17) is 9.47 Å². The molecule has 1 atom stereocenters. The Balaban J connectivity index is 1.75. The number of anilines is 2. The molecule has 136 valence electrons. The van der Waals surface area contributed by atoms with Gasteiger partial charge in [-0.3, -0.25) is 14.9 Å². The number of hydrogen-bond donors (Lipinski definition) is 1. The first-order chi connectivity index (χ1) is 12.0. The second-order valence-corrected chi connectivity index (χ2v) is 6.19. The number of esters is 1. The van der Waals surface area contributed by atoms with E-state index >= 15 is 0 Å². The van der Waals surface area contributed by atoms with E-state index in [0.29, 0.717) is 31.9 Å². The summed E-state index contributed by atoms with van der Waals surface area (Å²) in [4.78, 5) is 24.2. The molecule has 2 aliphatic heterocycles. The molecule has 9 heteroatoms. The molecule has 2 aliphatic rings. The quantitative estimate of drug-likeness (QED) is 0.450. The molecule has 1 aromatic rings. The van der Waals surface area contributed by atoms with Gasteiger partial charge in [0.1, 0.15) is 0 Å². The van der Waals surface area contributed by atoms with Crippen LogP contribution in [0.5, 0.6) is 5.75 Å². The van der Waals surface area contributed by atoms with E-state index in [1.165, 1.54) is 13.2 Å². The van der Waals surface area contributed by atoms with Crippen molar-refractivity contribution in [3.05, 3.63) is 22.2 Å². The van der Waals surface area contributed by atoms with Crippen molar-refractivity contribution in [1.82, 2.24) is 0 Å². The number of hydrogen-bond acceptors (Lipinski definition) is 8. The van der Waals surface area contributed by atoms with Crippen LogP contribution in [0.1, 0.15) is 12.8 Å². The smallest absolute Gasteiger partial charge is 0.313 e. The maximum Gasteiger partial charge on any atom is 0.313 e. The SMILES string of the molecule is COC(=O)CCC1Nc2cc(OCC3COC3)c([N+](=O)[O-])cc2N1C. The van der Waals surface area contributed by atoms with E-state index in [2.05, 4.69) is 10.1 Å². The van der Waals surface area contributed by atoms with Crippen LogP contribution in [-0.2, 0) is 14.3 Å². The number of nitrogens with one attached hydrogen (secondary N) is 1. The van der Waals surface area contributed by atoms with Crippen LogP contribution in [-0.4, -0.2) is 51.0 Å². The summed E-state index contributed by atoms with van der Waals surface area (Å²) in [6.45, 7) is 1.63. The van der Waals surface area contributed by atoms with E-state index in [1.54, 1.807) is 6.07 Å². The molecule has 0 aromatic heterocycles. The first kappa shape index (κ1) is 17.3. The second kappa shape index (κ2) is 7.14. The Morgan fingerprint density at radius 2 is 2.24 bits per heavy atom. The van der Waals surface area contributed by atoms with Crippen molar-refractivity contribution in [3.8, 4) is 5.75 Å². The summed E-state index contributed by atoms with van der Waals surface area (Å²) >= 11 is 0. The minimum Gasteiger partial charge on any atom is -0.486 e. The zero-order valence-corrected chi connectivity index (χ0v) is 14.2. The summed E-state index contributed by atoms with van der Waals surface area (Å²) in [6.07, 6.45) is 0.657. The van der Waals surface area contributed by atoms with Gasteiger partial charge in [-0.2, -0.15) is 0 Å². The zero-order valence-electron chi connectivity index (χ0n) is 14.2. The number of benzene rings is 1. The molecule has 1 saturated heterocycles. The van der Waals surface area contributed by atoms with Crippen molar-refractivity contribution in [2.24, 2.45) is 5.92 Å². The van der Waals surface area contributed by atoms with Gasteiger partial charge in [-0.15, -0.1) is 0 Å². The van der Waals surface area contributed by atoms with Crippen molar-refractivity contribution in [2.75, 3.05) is 44.2 Å². The van der Waals surface area contributed by atoms with Crippen molar-refractivity contribution in [3.63, 3.8) is 0 Å². The number of nitro groups is 1. The molecule has 1 unspecified atom stereocenters. The number of carbonyl (C=O) groups is 1. The average Bonchev–Trinajstić information content (AvgIpc) is 2.85. The summed E-state index contributed by atoms with van der Waals surface area (Å²) in [5.41, 5.74) is 1.39. The highest BCUT2D eigenvalue weighted by Crippen LogP contribution is 2.43. The molecular weight excluding hydrogens is 330 g/mol. The van der Waals surface area contributed by atoms with Crippen LogP contribution in [0.4, 0.5) is 17.1 Å². The maximum atomic E-state index is 11.4. The normalized spacial score (nSPS) is 19.0. The van der Waals surface area contributed by atoms with E-state index < -0.39 is 4.92 Å². The van der Waals surface area contributed by atoms with Gasteiger partial charge in [-0.25, -0.2) is 0 Å². The summed E-state index contributed by atoms with van der Waals surface area (Å²) in [5.74, 6) is 0.227. The van der Waals surface area contributed by atoms with Crippen molar-refractivity contribution in [2.45, 2.75) is 19.0 Å². The fourth-order valence-electron chi connectivity index (χ4n) is 2.88. The van der Waals surface area contributed by atoms with Crippen LogP contribution in [0.15, 0.2) is 12.1 Å². The summed E-state index contributed by atoms with van der Waals surface area (Å²) < 4.78 is 15.4. The number of methoxy groups -OCH3 is 1. The highest BCUT2D eigenvalue weighted by molar-refractivity contribution is 5.81. The molecule has 0 bridgehead atoms. The highest BCUT2D eigenvalue weighted by Gasteiger charge is 2.31. The molecule has 1 fully saturated rings. The maximum absolute atomic E-state index is 11.4. The van der Waals surface area contributed by atoms with Crippen molar-refractivity contribution < 1.29 is 23.9 Å². The Labute approximate surface area is 145 Å². The van der Waals surface area contributed by atoms with Gasteiger partial charge < -0.3 is 24.4 Å². The van der Waals surface area contributed by atoms with Crippen LogP contribution < -0.4 is 15.0 Å². The fourth-order valence-corrected chi connectivity index (χ4v) is 2.88. The molecule has 0 aliphatic carbocycles. The van der Waals surface area contributed by atoms with Crippen molar-refractivity contribution in [1.29, 1.82) is 0 Å². The third-order valence-electron chi connectivity index (χ3n) is 4.47. The predicted molar refractivity (Wildman–Crippen MR) is 90.0 cm³/mol. The van der Waals surface area contributed by atoms with Crippen LogP contribution in [0.2, 0.25) is 0 Å². The Kier molecular flexibility index (Phi) is 4.93. The molecule has 1 N–H and O–H groups in total. The Morgan fingerprint density at radius 3 is 2.84 bits per heavy atom.